The van der Waals surface area contributed by atoms with Gasteiger partial charge in [0.05, 0.1) is 5.75 Å². The smallest absolute Gasteiger partial charge is 0.232 e. The lowest BCUT2D eigenvalue weighted by Gasteiger charge is -2.07. The van der Waals surface area contributed by atoms with Crippen LogP contribution in [-0.4, -0.2) is 14.2 Å². The first-order chi connectivity index (χ1) is 6.98. The topological polar surface area (TPSA) is 72.2 Å². The lowest BCUT2D eigenvalue weighted by Crippen LogP contribution is -2.15. The highest BCUT2D eigenvalue weighted by molar-refractivity contribution is 7.92. The lowest BCUT2D eigenvalue weighted by molar-refractivity contribution is 0.601. The molecular weight excluding hydrogens is 219 g/mol. The van der Waals surface area contributed by atoms with Crippen molar-refractivity contribution < 1.29 is 12.8 Å². The Morgan fingerprint density at radius 2 is 2.13 bits per heavy atom. The molecule has 1 aromatic rings. The van der Waals surface area contributed by atoms with Gasteiger partial charge in [0.25, 0.3) is 0 Å². The Morgan fingerprint density at radius 3 is 2.67 bits per heavy atom. The molecular formula is C9H13FN2O2S. The van der Waals surface area contributed by atoms with E-state index in [0.29, 0.717) is 5.69 Å². The maximum Gasteiger partial charge on any atom is 0.232 e. The number of rotatable bonds is 4. The number of nitrogens with one attached hydrogen (secondary N) is 1. The Morgan fingerprint density at radius 1 is 1.47 bits per heavy atom. The summed E-state index contributed by atoms with van der Waals surface area (Å²) in [6.07, 6.45) is 0. The minimum atomic E-state index is -3.32. The molecule has 84 valence electrons. The van der Waals surface area contributed by atoms with Gasteiger partial charge in [-0.05, 0) is 25.1 Å². The van der Waals surface area contributed by atoms with E-state index in [4.69, 9.17) is 5.73 Å². The van der Waals surface area contributed by atoms with Gasteiger partial charge in [0.2, 0.25) is 10.0 Å². The molecule has 0 saturated carbocycles. The van der Waals surface area contributed by atoms with Gasteiger partial charge < -0.3 is 5.73 Å². The predicted molar refractivity (Wildman–Crippen MR) is 57.4 cm³/mol. The average molecular weight is 232 g/mol. The number of hydrogen-bond donors (Lipinski definition) is 2. The molecule has 6 heteroatoms. The van der Waals surface area contributed by atoms with Gasteiger partial charge >= 0.3 is 0 Å². The molecule has 0 aliphatic rings. The van der Waals surface area contributed by atoms with Crippen molar-refractivity contribution >= 4 is 15.7 Å². The van der Waals surface area contributed by atoms with Gasteiger partial charge in [0.15, 0.2) is 0 Å². The molecule has 0 aromatic heterocycles. The van der Waals surface area contributed by atoms with Gasteiger partial charge in [-0.25, -0.2) is 12.8 Å². The predicted octanol–water partition coefficient (Wildman–Crippen LogP) is 1.05. The SMILES string of the molecule is CCS(=O)(=O)Nc1ccc(F)c(CN)c1. The van der Waals surface area contributed by atoms with Crippen molar-refractivity contribution in [1.29, 1.82) is 0 Å². The first-order valence-corrected chi connectivity index (χ1v) is 6.12. The second kappa shape index (κ2) is 4.59. The Bertz CT molecular complexity index is 445. The van der Waals surface area contributed by atoms with E-state index in [1.165, 1.54) is 25.1 Å². The third-order valence-corrected chi connectivity index (χ3v) is 3.23. The van der Waals surface area contributed by atoms with Crippen molar-refractivity contribution in [3.8, 4) is 0 Å². The molecule has 3 N–H and O–H groups in total. The van der Waals surface area contributed by atoms with Gasteiger partial charge in [-0.1, -0.05) is 0 Å². The molecule has 0 unspecified atom stereocenters. The molecule has 4 nitrogen and oxygen atoms in total. The van der Waals surface area contributed by atoms with Gasteiger partial charge in [-0.3, -0.25) is 4.72 Å². The van der Waals surface area contributed by atoms with E-state index < -0.39 is 15.8 Å². The Balaban J connectivity index is 2.98. The summed E-state index contributed by atoms with van der Waals surface area (Å²) in [5.41, 5.74) is 5.91. The van der Waals surface area contributed by atoms with Crippen LogP contribution in [0.5, 0.6) is 0 Å². The molecule has 0 radical (unpaired) electrons. The van der Waals surface area contributed by atoms with Crippen molar-refractivity contribution in [1.82, 2.24) is 0 Å². The van der Waals surface area contributed by atoms with Crippen molar-refractivity contribution in [3.63, 3.8) is 0 Å². The van der Waals surface area contributed by atoms with E-state index in [1.807, 2.05) is 0 Å². The van der Waals surface area contributed by atoms with Crippen LogP contribution < -0.4 is 10.5 Å². The molecule has 0 aliphatic heterocycles. The van der Waals surface area contributed by atoms with Crippen LogP contribution in [0.15, 0.2) is 18.2 Å². The van der Waals surface area contributed by atoms with E-state index in [9.17, 15) is 12.8 Å². The second-order valence-electron chi connectivity index (χ2n) is 3.02. The largest absolute Gasteiger partial charge is 0.326 e. The quantitative estimate of drug-likeness (QED) is 0.815. The summed E-state index contributed by atoms with van der Waals surface area (Å²) in [6.45, 7) is 1.56. The summed E-state index contributed by atoms with van der Waals surface area (Å²) in [4.78, 5) is 0. The third-order valence-electron chi connectivity index (χ3n) is 1.92. The number of anilines is 1. The molecule has 15 heavy (non-hydrogen) atoms. The maximum absolute atomic E-state index is 13.0. The Labute approximate surface area is 88.3 Å². The van der Waals surface area contributed by atoms with Crippen LogP contribution in [0.25, 0.3) is 0 Å². The van der Waals surface area contributed by atoms with Crippen molar-refractivity contribution in [2.24, 2.45) is 5.73 Å². The third kappa shape index (κ3) is 3.17. The van der Waals surface area contributed by atoms with Crippen LogP contribution in [-0.2, 0) is 16.6 Å². The van der Waals surface area contributed by atoms with E-state index in [0.717, 1.165) is 0 Å². The minimum absolute atomic E-state index is 0.0255. The molecule has 0 amide bonds. The summed E-state index contributed by atoms with van der Waals surface area (Å²) in [5, 5.41) is 0. The van der Waals surface area contributed by atoms with Crippen molar-refractivity contribution in [2.45, 2.75) is 13.5 Å². The zero-order valence-electron chi connectivity index (χ0n) is 8.33. The first kappa shape index (κ1) is 11.9. The van der Waals surface area contributed by atoms with Gasteiger partial charge in [0.1, 0.15) is 5.82 Å². The van der Waals surface area contributed by atoms with Crippen LogP contribution >= 0.6 is 0 Å². The number of benzene rings is 1. The van der Waals surface area contributed by atoms with Crippen molar-refractivity contribution in [3.05, 3.63) is 29.6 Å². The average Bonchev–Trinajstić information content (AvgIpc) is 2.20. The van der Waals surface area contributed by atoms with Crippen LogP contribution in [0.3, 0.4) is 0 Å². The standard InChI is InChI=1S/C9H13FN2O2S/c1-2-15(13,14)12-8-3-4-9(10)7(5-8)6-11/h3-5,12H,2,6,11H2,1H3. The number of halogens is 1. The molecule has 1 aromatic carbocycles. The first-order valence-electron chi connectivity index (χ1n) is 4.47. The minimum Gasteiger partial charge on any atom is -0.326 e. The summed E-state index contributed by atoms with van der Waals surface area (Å²) in [5.74, 6) is -0.459. The Kier molecular flexibility index (Phi) is 3.65. The van der Waals surface area contributed by atoms with Crippen LogP contribution in [0.1, 0.15) is 12.5 Å². The molecule has 0 bridgehead atoms. The number of sulfonamides is 1. The second-order valence-corrected chi connectivity index (χ2v) is 5.03. The number of nitrogens with two attached hydrogens (primary N) is 1. The fourth-order valence-corrected chi connectivity index (χ4v) is 1.68. The lowest BCUT2D eigenvalue weighted by atomic mass is 10.2. The number of hydrogen-bond acceptors (Lipinski definition) is 3. The molecule has 0 heterocycles. The summed E-state index contributed by atoms with van der Waals surface area (Å²) in [6, 6.07) is 3.94. The van der Waals surface area contributed by atoms with E-state index in [-0.39, 0.29) is 17.9 Å². The van der Waals surface area contributed by atoms with Crippen LogP contribution in [0.2, 0.25) is 0 Å². The normalized spacial score (nSPS) is 11.4. The van der Waals surface area contributed by atoms with E-state index in [2.05, 4.69) is 4.72 Å². The fourth-order valence-electron chi connectivity index (χ4n) is 1.05. The molecule has 0 fully saturated rings. The monoisotopic (exact) mass is 232 g/mol. The summed E-state index contributed by atoms with van der Waals surface area (Å²) < 4.78 is 37.8. The van der Waals surface area contributed by atoms with Crippen LogP contribution in [0, 0.1) is 5.82 Å². The van der Waals surface area contributed by atoms with Gasteiger partial charge in [0, 0.05) is 17.8 Å². The summed E-state index contributed by atoms with van der Waals surface area (Å²) >= 11 is 0. The molecule has 0 saturated heterocycles. The molecule has 1 rings (SSSR count). The molecule has 0 aliphatic carbocycles. The highest BCUT2D eigenvalue weighted by atomic mass is 32.2. The van der Waals surface area contributed by atoms with Gasteiger partial charge in [-0.15, -0.1) is 0 Å². The fraction of sp³-hybridized carbons (Fsp3) is 0.333. The van der Waals surface area contributed by atoms with E-state index in [1.54, 1.807) is 0 Å². The maximum atomic E-state index is 13.0. The highest BCUT2D eigenvalue weighted by Gasteiger charge is 2.08. The Hall–Kier alpha value is -1.14. The summed E-state index contributed by atoms with van der Waals surface area (Å²) in [7, 11) is -3.32. The van der Waals surface area contributed by atoms with Crippen molar-refractivity contribution in [2.75, 3.05) is 10.5 Å². The zero-order chi connectivity index (χ0) is 11.5. The molecule has 0 atom stereocenters. The van der Waals surface area contributed by atoms with Gasteiger partial charge in [-0.2, -0.15) is 0 Å². The highest BCUT2D eigenvalue weighted by Crippen LogP contribution is 2.15. The zero-order valence-corrected chi connectivity index (χ0v) is 9.14. The van der Waals surface area contributed by atoms with Crippen LogP contribution in [0.4, 0.5) is 10.1 Å². The van der Waals surface area contributed by atoms with E-state index >= 15 is 0 Å². The molecule has 0 spiro atoms.